The average Bonchev–Trinajstić information content (AvgIpc) is 3.87. The quantitative estimate of drug-likeness (QED) is 0.145. The van der Waals surface area contributed by atoms with Crippen LogP contribution in [0.4, 0.5) is 22.0 Å². The largest absolute Gasteiger partial charge is 0.420 e. The van der Waals surface area contributed by atoms with Crippen LogP contribution in [0.3, 0.4) is 0 Å². The van der Waals surface area contributed by atoms with E-state index >= 15 is 22.0 Å². The minimum atomic E-state index is -5.13. The minimum Gasteiger partial charge on any atom is -0.309 e. The van der Waals surface area contributed by atoms with Crippen LogP contribution in [0.15, 0.2) is 177 Å². The van der Waals surface area contributed by atoms with Gasteiger partial charge in [-0.25, -0.2) is 48.7 Å². The van der Waals surface area contributed by atoms with Gasteiger partial charge < -0.3 is 9.13 Å². The molecule has 0 bridgehead atoms. The molecule has 15 heteroatoms. The third kappa shape index (κ3) is 6.78. The van der Waals surface area contributed by atoms with Crippen molar-refractivity contribution in [3.05, 3.63) is 194 Å². The van der Waals surface area contributed by atoms with Gasteiger partial charge in [-0.15, -0.1) is 0 Å². The molecule has 0 saturated carbocycles. The molecule has 0 fully saturated rings. The summed E-state index contributed by atoms with van der Waals surface area (Å²) in [5, 5.41) is 2.46. The maximum Gasteiger partial charge on any atom is 0.420 e. The number of hydrogen-bond acceptors (Lipinski definition) is 8. The molecule has 12 aromatic rings. The van der Waals surface area contributed by atoms with Gasteiger partial charge >= 0.3 is 6.18 Å². The third-order valence-electron chi connectivity index (χ3n) is 11.9. The molecule has 0 amide bonds. The summed E-state index contributed by atoms with van der Waals surface area (Å²) in [6, 6.07) is 33.8. The van der Waals surface area contributed by atoms with E-state index in [1.54, 1.807) is 115 Å². The number of fused-ring (bicyclic) bond motifs is 6. The Balaban J connectivity index is 1.27. The Labute approximate surface area is 381 Å². The Hall–Kier alpha value is -9.11. The molecule has 0 N–H and O–H groups in total. The van der Waals surface area contributed by atoms with Gasteiger partial charge in [0, 0.05) is 105 Å². The van der Waals surface area contributed by atoms with E-state index in [2.05, 4.69) is 39.9 Å². The molecule has 0 unspecified atom stereocenters. The van der Waals surface area contributed by atoms with Gasteiger partial charge in [-0.3, -0.25) is 0 Å². The van der Waals surface area contributed by atoms with Crippen LogP contribution >= 0.6 is 0 Å². The summed E-state index contributed by atoms with van der Waals surface area (Å²) >= 11 is 0. The van der Waals surface area contributed by atoms with Crippen molar-refractivity contribution in [1.82, 2.24) is 49.0 Å². The van der Waals surface area contributed by atoms with Crippen LogP contribution in [-0.4, -0.2) is 49.0 Å². The molecule has 0 spiro atoms. The van der Waals surface area contributed by atoms with Crippen molar-refractivity contribution in [2.24, 2.45) is 0 Å². The molecule has 0 aliphatic heterocycles. The van der Waals surface area contributed by atoms with Crippen LogP contribution in [0.25, 0.3) is 112 Å². The molecule has 6 aromatic carbocycles. The number of halogens is 5. The van der Waals surface area contributed by atoms with Crippen molar-refractivity contribution < 1.29 is 22.0 Å². The van der Waals surface area contributed by atoms with Gasteiger partial charge in [-0.2, -0.15) is 13.2 Å². The van der Waals surface area contributed by atoms with E-state index in [-0.39, 0.29) is 16.8 Å². The lowest BCUT2D eigenvalue weighted by Gasteiger charge is -2.24. The van der Waals surface area contributed by atoms with E-state index in [0.29, 0.717) is 95.2 Å². The molecular formula is C53H29F5N10. The topological polar surface area (TPSA) is 113 Å². The van der Waals surface area contributed by atoms with Crippen molar-refractivity contribution in [2.45, 2.75) is 6.18 Å². The summed E-state index contributed by atoms with van der Waals surface area (Å²) in [6.07, 6.45) is 7.54. The maximum absolute atomic E-state index is 17.1. The lowest BCUT2D eigenvalue weighted by Crippen LogP contribution is -2.17. The molecule has 0 aliphatic rings. The molecule has 10 nitrogen and oxygen atoms in total. The molecular weight excluding hydrogens is 872 g/mol. The lowest BCUT2D eigenvalue weighted by atomic mass is 9.96. The molecule has 0 aliphatic carbocycles. The second-order valence-corrected chi connectivity index (χ2v) is 15.9. The highest BCUT2D eigenvalue weighted by Gasteiger charge is 2.41. The molecule has 6 heterocycles. The van der Waals surface area contributed by atoms with Gasteiger partial charge in [0.25, 0.3) is 0 Å². The lowest BCUT2D eigenvalue weighted by molar-refractivity contribution is -0.137. The van der Waals surface area contributed by atoms with Crippen LogP contribution < -0.4 is 0 Å². The minimum absolute atomic E-state index is 0.0986. The standard InChI is InChI=1S/C53H29F5N10/c54-35-23-34(24-36(55)29-35)37-13-14-42(67-43-25-30(49-59-15-1-16-60-49)5-9-38(43)39-10-6-31(26-44(39)67)50-61-17-2-18-62-50)47(53(56,57)58)48(37)68-45-27-32(51-63-19-3-20-64-51)7-11-40(45)41-12-8-33(28-46(41)68)52-65-21-4-22-66-52/h1-29H. The Morgan fingerprint density at radius 3 is 1.03 bits per heavy atom. The number of nitrogens with zero attached hydrogens (tertiary/aromatic N) is 10. The fourth-order valence-corrected chi connectivity index (χ4v) is 9.11. The Morgan fingerprint density at radius 1 is 0.353 bits per heavy atom. The zero-order chi connectivity index (χ0) is 46.1. The second kappa shape index (κ2) is 15.8. The Kier molecular flexibility index (Phi) is 9.39. The number of aromatic nitrogens is 10. The number of hydrogen-bond donors (Lipinski definition) is 0. The second-order valence-electron chi connectivity index (χ2n) is 15.9. The van der Waals surface area contributed by atoms with Gasteiger partial charge in [0.2, 0.25) is 0 Å². The number of benzene rings is 6. The third-order valence-corrected chi connectivity index (χ3v) is 11.9. The first-order valence-electron chi connectivity index (χ1n) is 21.2. The Morgan fingerprint density at radius 2 is 0.691 bits per heavy atom. The van der Waals surface area contributed by atoms with E-state index in [1.165, 1.54) is 16.7 Å². The van der Waals surface area contributed by atoms with E-state index in [9.17, 15) is 0 Å². The zero-order valence-electron chi connectivity index (χ0n) is 35.1. The van der Waals surface area contributed by atoms with Gasteiger partial charge in [-0.05, 0) is 72.3 Å². The molecule has 326 valence electrons. The first-order chi connectivity index (χ1) is 33.2. The van der Waals surface area contributed by atoms with E-state index in [1.807, 2.05) is 36.4 Å². The van der Waals surface area contributed by atoms with Gasteiger partial charge in [0.1, 0.15) is 17.2 Å². The van der Waals surface area contributed by atoms with Crippen molar-refractivity contribution in [3.8, 4) is 68.1 Å². The summed E-state index contributed by atoms with van der Waals surface area (Å²) in [6.45, 7) is 0. The summed E-state index contributed by atoms with van der Waals surface area (Å²) in [5.41, 5.74) is 1.67. The number of rotatable bonds is 7. The first-order valence-corrected chi connectivity index (χ1v) is 21.2. The summed E-state index contributed by atoms with van der Waals surface area (Å²) in [4.78, 5) is 35.6. The highest BCUT2D eigenvalue weighted by molar-refractivity contribution is 6.13. The van der Waals surface area contributed by atoms with Crippen LogP contribution in [0.2, 0.25) is 0 Å². The van der Waals surface area contributed by atoms with Gasteiger partial charge in [-0.1, -0.05) is 54.6 Å². The van der Waals surface area contributed by atoms with Crippen molar-refractivity contribution in [1.29, 1.82) is 0 Å². The van der Waals surface area contributed by atoms with Crippen LogP contribution in [0.5, 0.6) is 0 Å². The highest BCUT2D eigenvalue weighted by atomic mass is 19.4. The molecule has 0 atom stereocenters. The fraction of sp³-hybridized carbons (Fsp3) is 0.0189. The molecule has 68 heavy (non-hydrogen) atoms. The van der Waals surface area contributed by atoms with Gasteiger partial charge in [0.05, 0.1) is 33.4 Å². The molecule has 6 aromatic heterocycles. The van der Waals surface area contributed by atoms with Crippen molar-refractivity contribution >= 4 is 43.6 Å². The zero-order valence-corrected chi connectivity index (χ0v) is 35.1. The predicted octanol–water partition coefficient (Wildman–Crippen LogP) is 12.7. The molecule has 0 radical (unpaired) electrons. The first kappa shape index (κ1) is 40.4. The molecule has 12 rings (SSSR count). The van der Waals surface area contributed by atoms with Crippen LogP contribution in [-0.2, 0) is 6.18 Å². The average molecular weight is 901 g/mol. The predicted molar refractivity (Wildman–Crippen MR) is 250 cm³/mol. The Bertz CT molecular complexity index is 3700. The van der Waals surface area contributed by atoms with E-state index in [4.69, 9.17) is 0 Å². The smallest absolute Gasteiger partial charge is 0.309 e. The summed E-state index contributed by atoms with van der Waals surface area (Å²) < 4.78 is 85.1. The number of alkyl halides is 3. The van der Waals surface area contributed by atoms with E-state index in [0.717, 1.165) is 12.1 Å². The highest BCUT2D eigenvalue weighted by Crippen LogP contribution is 2.49. The van der Waals surface area contributed by atoms with Crippen molar-refractivity contribution in [3.63, 3.8) is 0 Å². The van der Waals surface area contributed by atoms with E-state index < -0.39 is 29.1 Å². The monoisotopic (exact) mass is 900 g/mol. The van der Waals surface area contributed by atoms with Crippen molar-refractivity contribution in [2.75, 3.05) is 0 Å². The fourth-order valence-electron chi connectivity index (χ4n) is 9.11. The summed E-state index contributed by atoms with van der Waals surface area (Å²) in [5.74, 6) is -0.525. The van der Waals surface area contributed by atoms with Crippen LogP contribution in [0, 0.1) is 11.6 Å². The normalized spacial score (nSPS) is 11.9. The van der Waals surface area contributed by atoms with Crippen LogP contribution in [0.1, 0.15) is 5.56 Å². The molecule has 0 saturated heterocycles. The van der Waals surface area contributed by atoms with Gasteiger partial charge in [0.15, 0.2) is 23.3 Å². The summed E-state index contributed by atoms with van der Waals surface area (Å²) in [7, 11) is 0. The maximum atomic E-state index is 17.1. The SMILES string of the molecule is Fc1cc(F)cc(-c2ccc(-n3c4cc(-c5ncccn5)ccc4c4ccc(-c5ncccn5)cc43)c(C(F)(F)F)c2-n2c3cc(-c4ncccn4)ccc3c3ccc(-c4ncccn4)cc32)c1.